The van der Waals surface area contributed by atoms with E-state index in [-0.39, 0.29) is 0 Å². The maximum absolute atomic E-state index is 4.19. The van der Waals surface area contributed by atoms with Crippen molar-refractivity contribution in [2.75, 3.05) is 11.5 Å². The highest BCUT2D eigenvalue weighted by molar-refractivity contribution is 7.99. The van der Waals surface area contributed by atoms with Crippen LogP contribution < -0.4 is 0 Å². The fourth-order valence-electron chi connectivity index (χ4n) is 1.39. The number of rotatable bonds is 1. The van der Waals surface area contributed by atoms with E-state index in [0.29, 0.717) is 6.04 Å². The van der Waals surface area contributed by atoms with Crippen LogP contribution in [0.15, 0.2) is 12.4 Å². The normalized spacial score (nSPS) is 20.4. The molecule has 1 aliphatic rings. The van der Waals surface area contributed by atoms with Crippen LogP contribution in [-0.4, -0.2) is 21.3 Å². The van der Waals surface area contributed by atoms with Crippen molar-refractivity contribution in [1.29, 1.82) is 0 Å². The van der Waals surface area contributed by atoms with Gasteiger partial charge in [-0.25, -0.2) is 0 Å². The Morgan fingerprint density at radius 1 is 1.45 bits per heavy atom. The summed E-state index contributed by atoms with van der Waals surface area (Å²) in [6.07, 6.45) is 6.21. The molecule has 1 aromatic heterocycles. The van der Waals surface area contributed by atoms with Crippen molar-refractivity contribution in [3.63, 3.8) is 0 Å². The molecule has 0 bridgehead atoms. The van der Waals surface area contributed by atoms with Crippen molar-refractivity contribution >= 4 is 11.8 Å². The smallest absolute Gasteiger partial charge is 0.0569 e. The molecule has 0 aliphatic carbocycles. The quantitative estimate of drug-likeness (QED) is 0.634. The predicted octanol–water partition coefficient (Wildman–Crippen LogP) is 1.75. The minimum atomic E-state index is 0.641. The van der Waals surface area contributed by atoms with E-state index in [1.54, 1.807) is 6.20 Å². The second-order valence-corrected chi connectivity index (χ2v) is 3.99. The number of aromatic nitrogens is 2. The molecule has 0 amide bonds. The first kappa shape index (κ1) is 7.22. The number of hydrogen-bond acceptors (Lipinski definition) is 2. The molecule has 0 aromatic carbocycles. The van der Waals surface area contributed by atoms with Crippen LogP contribution in [0.2, 0.25) is 0 Å². The third-order valence-electron chi connectivity index (χ3n) is 2.04. The van der Waals surface area contributed by atoms with Crippen LogP contribution in [0.1, 0.15) is 18.9 Å². The summed E-state index contributed by atoms with van der Waals surface area (Å²) in [5, 5.41) is 4.19. The van der Waals surface area contributed by atoms with E-state index in [1.807, 2.05) is 22.6 Å². The fraction of sp³-hybridized carbons (Fsp3) is 0.625. The number of thioether (sulfide) groups is 1. The molecule has 0 N–H and O–H groups in total. The van der Waals surface area contributed by atoms with Gasteiger partial charge in [-0.3, -0.25) is 4.68 Å². The summed E-state index contributed by atoms with van der Waals surface area (Å²) in [6, 6.07) is 3.61. The molecule has 59 valence electrons. The van der Waals surface area contributed by atoms with Crippen molar-refractivity contribution < 1.29 is 0 Å². The summed E-state index contributed by atoms with van der Waals surface area (Å²) >= 11 is 2.04. The highest BCUT2D eigenvalue weighted by atomic mass is 32.2. The third-order valence-corrected chi connectivity index (χ3v) is 3.09. The van der Waals surface area contributed by atoms with Gasteiger partial charge in [0.05, 0.1) is 12.2 Å². The van der Waals surface area contributed by atoms with Gasteiger partial charge < -0.3 is 0 Å². The Morgan fingerprint density at radius 3 is 2.91 bits per heavy atom. The Bertz CT molecular complexity index is 202. The van der Waals surface area contributed by atoms with Crippen LogP contribution in [0.3, 0.4) is 0 Å². The van der Waals surface area contributed by atoms with Crippen molar-refractivity contribution in [2.45, 2.75) is 18.9 Å². The summed E-state index contributed by atoms with van der Waals surface area (Å²) < 4.78 is 2.04. The van der Waals surface area contributed by atoms with Crippen LogP contribution in [0, 0.1) is 6.07 Å². The van der Waals surface area contributed by atoms with Crippen LogP contribution in [-0.2, 0) is 0 Å². The Kier molecular flexibility index (Phi) is 2.17. The van der Waals surface area contributed by atoms with E-state index < -0.39 is 0 Å². The lowest BCUT2D eigenvalue weighted by molar-refractivity contribution is 0.427. The summed E-state index contributed by atoms with van der Waals surface area (Å²) in [5.41, 5.74) is 0. The molecule has 0 saturated carbocycles. The van der Waals surface area contributed by atoms with E-state index in [1.165, 1.54) is 24.3 Å². The predicted molar refractivity (Wildman–Crippen MR) is 46.7 cm³/mol. The molecular weight excluding hydrogens is 156 g/mol. The van der Waals surface area contributed by atoms with Gasteiger partial charge in [-0.1, -0.05) is 0 Å². The zero-order valence-electron chi connectivity index (χ0n) is 6.36. The summed E-state index contributed by atoms with van der Waals surface area (Å²) in [4.78, 5) is 0. The minimum Gasteiger partial charge on any atom is -0.269 e. The molecule has 1 radical (unpaired) electrons. The zero-order chi connectivity index (χ0) is 7.52. The van der Waals surface area contributed by atoms with Crippen molar-refractivity contribution in [3.8, 4) is 0 Å². The Labute approximate surface area is 71.0 Å². The van der Waals surface area contributed by atoms with Gasteiger partial charge in [0.1, 0.15) is 0 Å². The second-order valence-electron chi connectivity index (χ2n) is 2.76. The molecule has 0 spiro atoms. The van der Waals surface area contributed by atoms with Crippen LogP contribution in [0.5, 0.6) is 0 Å². The van der Waals surface area contributed by atoms with Crippen molar-refractivity contribution in [3.05, 3.63) is 18.5 Å². The molecule has 1 aliphatic heterocycles. The molecule has 1 saturated heterocycles. The Balaban J connectivity index is 2.04. The van der Waals surface area contributed by atoms with Crippen molar-refractivity contribution in [1.82, 2.24) is 9.78 Å². The summed E-state index contributed by atoms with van der Waals surface area (Å²) in [5.74, 6) is 2.56. The van der Waals surface area contributed by atoms with Gasteiger partial charge in [-0.05, 0) is 24.3 Å². The van der Waals surface area contributed by atoms with Gasteiger partial charge in [-0.2, -0.15) is 16.9 Å². The Morgan fingerprint density at radius 2 is 2.27 bits per heavy atom. The van der Waals surface area contributed by atoms with Crippen LogP contribution in [0.25, 0.3) is 0 Å². The third kappa shape index (κ3) is 1.59. The number of nitrogens with zero attached hydrogens (tertiary/aromatic N) is 2. The molecule has 2 nitrogen and oxygen atoms in total. The van der Waals surface area contributed by atoms with E-state index in [0.717, 1.165) is 0 Å². The van der Waals surface area contributed by atoms with Gasteiger partial charge in [0.2, 0.25) is 0 Å². The molecule has 3 heteroatoms. The summed E-state index contributed by atoms with van der Waals surface area (Å²) in [7, 11) is 0. The van der Waals surface area contributed by atoms with Gasteiger partial charge in [0.15, 0.2) is 0 Å². The molecule has 0 unspecified atom stereocenters. The first-order valence-corrected chi connectivity index (χ1v) is 5.10. The maximum Gasteiger partial charge on any atom is 0.0569 e. The molecular formula is C8H11N2S. The SMILES string of the molecule is [c]1cnn(C2CCSCC2)c1. The average Bonchev–Trinajstić information content (AvgIpc) is 2.58. The lowest BCUT2D eigenvalue weighted by atomic mass is 10.2. The fourth-order valence-corrected chi connectivity index (χ4v) is 2.47. The molecule has 2 rings (SSSR count). The topological polar surface area (TPSA) is 17.8 Å². The minimum absolute atomic E-state index is 0.641. The van der Waals surface area contributed by atoms with Gasteiger partial charge in [0.25, 0.3) is 0 Å². The monoisotopic (exact) mass is 167 g/mol. The molecule has 2 heterocycles. The van der Waals surface area contributed by atoms with Gasteiger partial charge >= 0.3 is 0 Å². The van der Waals surface area contributed by atoms with Gasteiger partial charge in [-0.15, -0.1) is 0 Å². The number of hydrogen-bond donors (Lipinski definition) is 0. The lowest BCUT2D eigenvalue weighted by Crippen LogP contribution is -2.15. The highest BCUT2D eigenvalue weighted by Crippen LogP contribution is 2.25. The summed E-state index contributed by atoms with van der Waals surface area (Å²) in [6.45, 7) is 0. The molecule has 1 fully saturated rings. The molecule has 11 heavy (non-hydrogen) atoms. The van der Waals surface area contributed by atoms with E-state index >= 15 is 0 Å². The Hall–Kier alpha value is -0.440. The van der Waals surface area contributed by atoms with Gasteiger partial charge in [0, 0.05) is 12.3 Å². The lowest BCUT2D eigenvalue weighted by Gasteiger charge is -2.21. The van der Waals surface area contributed by atoms with E-state index in [9.17, 15) is 0 Å². The highest BCUT2D eigenvalue weighted by Gasteiger charge is 2.14. The van der Waals surface area contributed by atoms with Crippen LogP contribution >= 0.6 is 11.8 Å². The zero-order valence-corrected chi connectivity index (χ0v) is 7.18. The first-order chi connectivity index (χ1) is 5.47. The average molecular weight is 167 g/mol. The largest absolute Gasteiger partial charge is 0.269 e. The van der Waals surface area contributed by atoms with Crippen LogP contribution in [0.4, 0.5) is 0 Å². The maximum atomic E-state index is 4.19. The second kappa shape index (κ2) is 3.30. The standard InChI is InChI=1S/C8H11N2S/c1-4-9-10(5-1)8-2-6-11-7-3-8/h4-5,8H,2-3,6-7H2. The molecule has 0 atom stereocenters. The van der Waals surface area contributed by atoms with E-state index in [2.05, 4.69) is 11.2 Å². The van der Waals surface area contributed by atoms with E-state index in [4.69, 9.17) is 0 Å². The molecule has 1 aromatic rings. The van der Waals surface area contributed by atoms with Crippen molar-refractivity contribution in [2.24, 2.45) is 0 Å². The first-order valence-electron chi connectivity index (χ1n) is 3.95.